The molecule has 5 rings (SSSR count). The smallest absolute Gasteiger partial charge is 0.278 e. The number of aromatic nitrogens is 2. The molecule has 2 bridgehead atoms. The van der Waals surface area contributed by atoms with Crippen LogP contribution in [0, 0.1) is 0 Å². The van der Waals surface area contributed by atoms with Gasteiger partial charge < -0.3 is 14.7 Å². The summed E-state index contributed by atoms with van der Waals surface area (Å²) in [6.07, 6.45) is 6.89. The van der Waals surface area contributed by atoms with Crippen molar-refractivity contribution in [3.8, 4) is 11.5 Å². The van der Waals surface area contributed by atoms with Crippen LogP contribution in [0.1, 0.15) is 27.8 Å². The van der Waals surface area contributed by atoms with Gasteiger partial charge in [0.1, 0.15) is 30.8 Å². The summed E-state index contributed by atoms with van der Waals surface area (Å²) in [6.45, 7) is 0.874. The zero-order valence-corrected chi connectivity index (χ0v) is 16.6. The van der Waals surface area contributed by atoms with E-state index >= 15 is 0 Å². The maximum absolute atomic E-state index is 13.1. The van der Waals surface area contributed by atoms with Gasteiger partial charge in [-0.2, -0.15) is 0 Å². The molecule has 4 heterocycles. The van der Waals surface area contributed by atoms with Gasteiger partial charge in [0.15, 0.2) is 11.4 Å². The number of aromatic hydroxyl groups is 1. The first-order valence-electron chi connectivity index (χ1n) is 9.93. The number of carbonyl (C=O) groups excluding carboxylic acids is 1. The topological polar surface area (TPSA) is 87.9 Å². The van der Waals surface area contributed by atoms with Crippen molar-refractivity contribution in [3.63, 3.8) is 0 Å². The fourth-order valence-electron chi connectivity index (χ4n) is 3.98. The third-order valence-electron chi connectivity index (χ3n) is 5.44. The van der Waals surface area contributed by atoms with E-state index in [1.807, 2.05) is 59.6 Å². The molecule has 1 aromatic carbocycles. The molecule has 1 atom stereocenters. The van der Waals surface area contributed by atoms with Crippen molar-refractivity contribution in [2.75, 3.05) is 24.8 Å². The third kappa shape index (κ3) is 3.22. The average molecular weight is 416 g/mol. The highest BCUT2D eigenvalue weighted by Gasteiger charge is 2.37. The molecule has 0 fully saturated rings. The quantitative estimate of drug-likeness (QED) is 0.611. The molecule has 2 aliphatic rings. The molecule has 0 aliphatic carbocycles. The van der Waals surface area contributed by atoms with Gasteiger partial charge in [-0.25, -0.2) is 0 Å². The number of ether oxygens (including phenoxy) is 1. The van der Waals surface area contributed by atoms with Crippen LogP contribution >= 0.6 is 0 Å². The zero-order chi connectivity index (χ0) is 21.4. The maximum Gasteiger partial charge on any atom is 0.278 e. The lowest BCUT2D eigenvalue weighted by Gasteiger charge is -2.43. The molecule has 3 aromatic rings. The van der Waals surface area contributed by atoms with Gasteiger partial charge in [0.2, 0.25) is 5.43 Å². The molecule has 8 heteroatoms. The van der Waals surface area contributed by atoms with Crippen molar-refractivity contribution >= 4 is 5.91 Å². The van der Waals surface area contributed by atoms with Gasteiger partial charge in [0, 0.05) is 25.0 Å². The standard InChI is InChI=1S/C23H20N4O4/c28-17-10-13-26-21(22(17)29)23(30)25-12-4-5-14-31-18-9-6-11-24-19(18)20(27(26)15-25)16-7-2-1-3-8-16/h1-11,13,20,29H,12,14-15H2/b5-4-/t20-/m0/s1. The Morgan fingerprint density at radius 2 is 1.87 bits per heavy atom. The van der Waals surface area contributed by atoms with Crippen molar-refractivity contribution < 1.29 is 14.6 Å². The number of rotatable bonds is 1. The van der Waals surface area contributed by atoms with Crippen LogP contribution in [-0.4, -0.2) is 45.4 Å². The van der Waals surface area contributed by atoms with Gasteiger partial charge in [0.05, 0.1) is 0 Å². The lowest BCUT2D eigenvalue weighted by molar-refractivity contribution is 0.0701. The number of pyridine rings is 2. The molecule has 31 heavy (non-hydrogen) atoms. The second-order valence-electron chi connectivity index (χ2n) is 7.31. The number of nitrogens with zero attached hydrogens (tertiary/aromatic N) is 4. The van der Waals surface area contributed by atoms with Crippen molar-refractivity contribution in [1.29, 1.82) is 0 Å². The predicted octanol–water partition coefficient (Wildman–Crippen LogP) is 2.04. The van der Waals surface area contributed by atoms with Crippen LogP contribution in [0.25, 0.3) is 0 Å². The second kappa shape index (κ2) is 7.64. The fourth-order valence-corrected chi connectivity index (χ4v) is 3.98. The van der Waals surface area contributed by atoms with E-state index in [1.54, 1.807) is 15.8 Å². The Morgan fingerprint density at radius 3 is 2.71 bits per heavy atom. The van der Waals surface area contributed by atoms with E-state index in [0.29, 0.717) is 24.6 Å². The molecule has 0 radical (unpaired) electrons. The third-order valence-corrected chi connectivity index (χ3v) is 5.44. The van der Waals surface area contributed by atoms with Gasteiger partial charge >= 0.3 is 0 Å². The molecular formula is C23H20N4O4. The minimum absolute atomic E-state index is 0.0641. The molecule has 2 aromatic heterocycles. The Kier molecular flexibility index (Phi) is 4.66. The summed E-state index contributed by atoms with van der Waals surface area (Å²) in [6, 6.07) is 14.2. The highest BCUT2D eigenvalue weighted by Crippen LogP contribution is 2.35. The maximum atomic E-state index is 13.1. The number of amides is 1. The molecule has 0 spiro atoms. The van der Waals surface area contributed by atoms with E-state index in [-0.39, 0.29) is 12.4 Å². The SMILES string of the molecule is O=C1c2c(O)c(=O)ccn2N2CN1C/C=C\COc1cccnc1[C@@H]2c1ccccc1. The summed E-state index contributed by atoms with van der Waals surface area (Å²) in [5, 5.41) is 12.4. The monoisotopic (exact) mass is 416 g/mol. The van der Waals surface area contributed by atoms with Crippen molar-refractivity contribution in [2.45, 2.75) is 6.04 Å². The van der Waals surface area contributed by atoms with E-state index in [4.69, 9.17) is 4.74 Å². The Morgan fingerprint density at radius 1 is 1.03 bits per heavy atom. The van der Waals surface area contributed by atoms with E-state index in [1.165, 1.54) is 12.3 Å². The van der Waals surface area contributed by atoms with Gasteiger partial charge in [-0.15, -0.1) is 0 Å². The van der Waals surface area contributed by atoms with Crippen LogP contribution < -0.4 is 15.2 Å². The molecule has 156 valence electrons. The highest BCUT2D eigenvalue weighted by molar-refractivity contribution is 5.96. The van der Waals surface area contributed by atoms with Crippen LogP contribution in [0.2, 0.25) is 0 Å². The van der Waals surface area contributed by atoms with E-state index in [0.717, 1.165) is 5.56 Å². The molecule has 0 unspecified atom stereocenters. The summed E-state index contributed by atoms with van der Waals surface area (Å²) >= 11 is 0. The summed E-state index contributed by atoms with van der Waals surface area (Å²) in [5.74, 6) is -0.354. The predicted molar refractivity (Wildman–Crippen MR) is 114 cm³/mol. The molecule has 1 amide bonds. The van der Waals surface area contributed by atoms with Crippen molar-refractivity contribution in [2.24, 2.45) is 0 Å². The number of fused-ring (bicyclic) bond motifs is 5. The van der Waals surface area contributed by atoms with E-state index < -0.39 is 23.1 Å². The number of hydrogen-bond donors (Lipinski definition) is 1. The van der Waals surface area contributed by atoms with Crippen molar-refractivity contribution in [3.05, 3.63) is 100 Å². The zero-order valence-electron chi connectivity index (χ0n) is 16.6. The molecule has 1 N–H and O–H groups in total. The Balaban J connectivity index is 1.80. The summed E-state index contributed by atoms with van der Waals surface area (Å²) in [5.41, 5.74) is 0.934. The summed E-state index contributed by atoms with van der Waals surface area (Å²) < 4.78 is 7.54. The van der Waals surface area contributed by atoms with E-state index in [9.17, 15) is 14.7 Å². The van der Waals surface area contributed by atoms with Crippen LogP contribution in [0.15, 0.2) is 77.9 Å². The Hall–Kier alpha value is -4.07. The summed E-state index contributed by atoms with van der Waals surface area (Å²) in [4.78, 5) is 31.5. The largest absolute Gasteiger partial charge is 0.502 e. The number of benzene rings is 1. The van der Waals surface area contributed by atoms with Crippen molar-refractivity contribution in [1.82, 2.24) is 14.6 Å². The molecule has 2 aliphatic heterocycles. The minimum atomic E-state index is -0.598. The molecular weight excluding hydrogens is 396 g/mol. The summed E-state index contributed by atoms with van der Waals surface area (Å²) in [7, 11) is 0. The van der Waals surface area contributed by atoms with Gasteiger partial charge in [0.25, 0.3) is 5.91 Å². The fraction of sp³-hybridized carbons (Fsp3) is 0.174. The van der Waals surface area contributed by atoms with Gasteiger partial charge in [-0.05, 0) is 23.8 Å². The number of carbonyl (C=O) groups is 1. The Bertz CT molecular complexity index is 1220. The van der Waals surface area contributed by atoms with E-state index in [2.05, 4.69) is 4.98 Å². The Labute approximate surface area is 178 Å². The normalized spacial score (nSPS) is 19.0. The van der Waals surface area contributed by atoms with Crippen LogP contribution in [0.4, 0.5) is 0 Å². The van der Waals surface area contributed by atoms with Crippen LogP contribution in [0.5, 0.6) is 11.5 Å². The van der Waals surface area contributed by atoms with Gasteiger partial charge in [-0.3, -0.25) is 24.3 Å². The molecule has 0 saturated heterocycles. The second-order valence-corrected chi connectivity index (χ2v) is 7.31. The minimum Gasteiger partial charge on any atom is -0.502 e. The van der Waals surface area contributed by atoms with Crippen LogP contribution in [0.3, 0.4) is 0 Å². The van der Waals surface area contributed by atoms with Crippen LogP contribution in [-0.2, 0) is 0 Å². The van der Waals surface area contributed by atoms with Gasteiger partial charge in [-0.1, -0.05) is 36.4 Å². The first kappa shape index (κ1) is 18.9. The highest BCUT2D eigenvalue weighted by atomic mass is 16.5. The average Bonchev–Trinajstić information content (AvgIpc) is 2.82. The lowest BCUT2D eigenvalue weighted by Crippen LogP contribution is -2.55. The first-order valence-corrected chi connectivity index (χ1v) is 9.93. The molecule has 0 saturated carbocycles. The molecule has 8 nitrogen and oxygen atoms in total. The first-order chi connectivity index (χ1) is 15.1. The lowest BCUT2D eigenvalue weighted by atomic mass is 10.0. The number of hydrogen-bond acceptors (Lipinski definition) is 6.